The minimum absolute atomic E-state index is 0.0897. The molecule has 0 saturated carbocycles. The molecule has 6 nitrogen and oxygen atoms in total. The van der Waals surface area contributed by atoms with Crippen LogP contribution in [0.1, 0.15) is 35.6 Å². The van der Waals surface area contributed by atoms with Gasteiger partial charge in [0.05, 0.1) is 11.5 Å². The molecule has 1 aliphatic rings. The monoisotopic (exact) mass is 353 g/mol. The molecule has 26 heavy (non-hydrogen) atoms. The Morgan fingerprint density at radius 2 is 1.92 bits per heavy atom. The van der Waals surface area contributed by atoms with Crippen LogP contribution in [0.3, 0.4) is 0 Å². The maximum Gasteiger partial charge on any atom is 0.292 e. The molecular formula is C20H23N3O3. The van der Waals surface area contributed by atoms with Crippen LogP contribution < -0.4 is 5.32 Å². The average Bonchev–Trinajstić information content (AvgIpc) is 3.02. The average molecular weight is 353 g/mol. The number of hydrogen-bond acceptors (Lipinski definition) is 4. The number of anilines is 1. The quantitative estimate of drug-likeness (QED) is 0.651. The van der Waals surface area contributed by atoms with E-state index >= 15 is 0 Å². The van der Waals surface area contributed by atoms with Crippen molar-refractivity contribution < 1.29 is 9.72 Å². The molecule has 1 heterocycles. The van der Waals surface area contributed by atoms with Gasteiger partial charge in [0.25, 0.3) is 5.69 Å². The van der Waals surface area contributed by atoms with Crippen LogP contribution in [0.2, 0.25) is 0 Å². The minimum atomic E-state index is -0.482. The van der Waals surface area contributed by atoms with Gasteiger partial charge in [-0.3, -0.25) is 19.8 Å². The van der Waals surface area contributed by atoms with Gasteiger partial charge in [0.15, 0.2) is 0 Å². The van der Waals surface area contributed by atoms with Crippen LogP contribution in [0, 0.1) is 24.0 Å². The van der Waals surface area contributed by atoms with Crippen molar-refractivity contribution in [3.63, 3.8) is 0 Å². The van der Waals surface area contributed by atoms with Crippen molar-refractivity contribution in [1.29, 1.82) is 0 Å². The highest BCUT2D eigenvalue weighted by molar-refractivity contribution is 5.94. The van der Waals surface area contributed by atoms with Crippen molar-refractivity contribution >= 4 is 17.3 Å². The number of hydrogen-bond donors (Lipinski definition) is 1. The molecule has 1 fully saturated rings. The molecule has 0 radical (unpaired) electrons. The zero-order valence-corrected chi connectivity index (χ0v) is 15.1. The highest BCUT2D eigenvalue weighted by Crippen LogP contribution is 2.33. The summed E-state index contributed by atoms with van der Waals surface area (Å²) in [6.07, 6.45) is 2.05. The number of amides is 1. The highest BCUT2D eigenvalue weighted by Gasteiger charge is 2.28. The Balaban J connectivity index is 1.72. The number of benzene rings is 2. The predicted octanol–water partition coefficient (Wildman–Crippen LogP) is 3.99. The summed E-state index contributed by atoms with van der Waals surface area (Å²) in [5.74, 6) is -0.226. The van der Waals surface area contributed by atoms with Gasteiger partial charge < -0.3 is 5.32 Å². The van der Waals surface area contributed by atoms with Gasteiger partial charge >= 0.3 is 0 Å². The molecule has 2 aromatic carbocycles. The van der Waals surface area contributed by atoms with Crippen LogP contribution in [0.15, 0.2) is 42.5 Å². The Labute approximate surface area is 153 Å². The lowest BCUT2D eigenvalue weighted by Crippen LogP contribution is -2.33. The third-order valence-corrected chi connectivity index (χ3v) is 4.71. The second-order valence-corrected chi connectivity index (χ2v) is 6.87. The van der Waals surface area contributed by atoms with Crippen molar-refractivity contribution in [1.82, 2.24) is 4.90 Å². The second-order valence-electron chi connectivity index (χ2n) is 6.87. The standard InChI is InChI=1S/C20H23N3O3/c1-14-10-15(2)12-16(11-14)18-8-5-9-22(18)13-20(24)21-17-6-3-4-7-19(17)23(25)26/h3-4,6-7,10-12,18H,5,8-9,13H2,1-2H3,(H,21,24). The summed E-state index contributed by atoms with van der Waals surface area (Å²) in [5, 5.41) is 13.8. The number of nitrogens with one attached hydrogen (secondary N) is 1. The summed E-state index contributed by atoms with van der Waals surface area (Å²) in [4.78, 5) is 25.2. The number of carbonyl (C=O) groups excluding carboxylic acids is 1. The number of rotatable bonds is 5. The van der Waals surface area contributed by atoms with Crippen molar-refractivity contribution in [3.05, 3.63) is 69.3 Å². The molecule has 0 bridgehead atoms. The van der Waals surface area contributed by atoms with Gasteiger partial charge in [-0.15, -0.1) is 0 Å². The van der Waals surface area contributed by atoms with Crippen LogP contribution in [0.5, 0.6) is 0 Å². The lowest BCUT2D eigenvalue weighted by atomic mass is 9.99. The fourth-order valence-electron chi connectivity index (χ4n) is 3.71. The van der Waals surface area contributed by atoms with Gasteiger partial charge in [0.1, 0.15) is 5.69 Å². The Morgan fingerprint density at radius 3 is 2.62 bits per heavy atom. The van der Waals surface area contributed by atoms with Gasteiger partial charge in [-0.2, -0.15) is 0 Å². The number of nitro groups is 1. The molecule has 0 spiro atoms. The van der Waals surface area contributed by atoms with Crippen LogP contribution >= 0.6 is 0 Å². The van der Waals surface area contributed by atoms with Gasteiger partial charge in [-0.1, -0.05) is 41.5 Å². The van der Waals surface area contributed by atoms with Crippen molar-refractivity contribution in [2.45, 2.75) is 32.7 Å². The maximum atomic E-state index is 12.5. The van der Waals surface area contributed by atoms with E-state index in [2.05, 4.69) is 42.3 Å². The predicted molar refractivity (Wildman–Crippen MR) is 101 cm³/mol. The summed E-state index contributed by atoms with van der Waals surface area (Å²) in [6, 6.07) is 12.9. The maximum absolute atomic E-state index is 12.5. The van der Waals surface area contributed by atoms with Crippen LogP contribution in [0.25, 0.3) is 0 Å². The van der Waals surface area contributed by atoms with Gasteiger partial charge in [0, 0.05) is 12.1 Å². The van der Waals surface area contributed by atoms with Crippen molar-refractivity contribution in [2.24, 2.45) is 0 Å². The Hall–Kier alpha value is -2.73. The zero-order chi connectivity index (χ0) is 18.7. The third-order valence-electron chi connectivity index (χ3n) is 4.71. The molecule has 3 rings (SSSR count). The summed E-state index contributed by atoms with van der Waals surface area (Å²) >= 11 is 0. The first-order chi connectivity index (χ1) is 12.4. The molecule has 1 saturated heterocycles. The van der Waals surface area contributed by atoms with Gasteiger partial charge in [0.2, 0.25) is 5.91 Å². The summed E-state index contributed by atoms with van der Waals surface area (Å²) < 4.78 is 0. The number of nitro benzene ring substituents is 1. The SMILES string of the molecule is Cc1cc(C)cc(C2CCCN2CC(=O)Nc2ccccc2[N+](=O)[O-])c1. The van der Waals surface area contributed by atoms with E-state index in [1.54, 1.807) is 18.2 Å². The number of likely N-dealkylation sites (tertiary alicyclic amines) is 1. The fraction of sp³-hybridized carbons (Fsp3) is 0.350. The molecule has 1 N–H and O–H groups in total. The van der Waals surface area contributed by atoms with E-state index in [-0.39, 0.29) is 29.9 Å². The zero-order valence-electron chi connectivity index (χ0n) is 15.1. The molecule has 1 amide bonds. The molecule has 1 atom stereocenters. The molecular weight excluding hydrogens is 330 g/mol. The molecule has 1 unspecified atom stereocenters. The van der Waals surface area contributed by atoms with Crippen molar-refractivity contribution in [3.8, 4) is 0 Å². The van der Waals surface area contributed by atoms with Gasteiger partial charge in [-0.05, 0) is 44.9 Å². The van der Waals surface area contributed by atoms with Gasteiger partial charge in [-0.25, -0.2) is 0 Å². The first-order valence-corrected chi connectivity index (χ1v) is 8.79. The summed E-state index contributed by atoms with van der Waals surface area (Å²) in [7, 11) is 0. The van der Waals surface area contributed by atoms with Crippen LogP contribution in [0.4, 0.5) is 11.4 Å². The first kappa shape index (κ1) is 18.1. The van der Waals surface area contributed by atoms with E-state index < -0.39 is 4.92 Å². The number of para-hydroxylation sites is 2. The topological polar surface area (TPSA) is 75.5 Å². The molecule has 1 aliphatic heterocycles. The van der Waals surface area contributed by atoms with Crippen molar-refractivity contribution in [2.75, 3.05) is 18.4 Å². The summed E-state index contributed by atoms with van der Waals surface area (Å²) in [5.41, 5.74) is 3.82. The second kappa shape index (κ2) is 7.66. The highest BCUT2D eigenvalue weighted by atomic mass is 16.6. The van der Waals surface area contributed by atoms with E-state index in [1.165, 1.54) is 22.8 Å². The van der Waals surface area contributed by atoms with E-state index in [0.29, 0.717) is 0 Å². The smallest absolute Gasteiger partial charge is 0.292 e. The largest absolute Gasteiger partial charge is 0.319 e. The minimum Gasteiger partial charge on any atom is -0.319 e. The van der Waals surface area contributed by atoms with E-state index in [4.69, 9.17) is 0 Å². The number of carbonyl (C=O) groups is 1. The Bertz CT molecular complexity index is 815. The molecule has 0 aromatic heterocycles. The lowest BCUT2D eigenvalue weighted by Gasteiger charge is -2.25. The molecule has 136 valence electrons. The lowest BCUT2D eigenvalue weighted by molar-refractivity contribution is -0.383. The number of aryl methyl sites for hydroxylation is 2. The molecule has 2 aromatic rings. The molecule has 6 heteroatoms. The third kappa shape index (κ3) is 4.08. The number of nitrogens with zero attached hydrogens (tertiary/aromatic N) is 2. The Morgan fingerprint density at radius 1 is 1.23 bits per heavy atom. The normalized spacial score (nSPS) is 17.2. The Kier molecular flexibility index (Phi) is 5.32. The first-order valence-electron chi connectivity index (χ1n) is 8.79. The van der Waals surface area contributed by atoms with E-state index in [9.17, 15) is 14.9 Å². The summed E-state index contributed by atoms with van der Waals surface area (Å²) in [6.45, 7) is 5.24. The fourth-order valence-corrected chi connectivity index (χ4v) is 3.71. The van der Waals surface area contributed by atoms with Crippen LogP contribution in [-0.4, -0.2) is 28.8 Å². The van der Waals surface area contributed by atoms with Crippen LogP contribution in [-0.2, 0) is 4.79 Å². The van der Waals surface area contributed by atoms with E-state index in [0.717, 1.165) is 19.4 Å². The van der Waals surface area contributed by atoms with E-state index in [1.807, 2.05) is 0 Å². The molecule has 0 aliphatic carbocycles.